The summed E-state index contributed by atoms with van der Waals surface area (Å²) in [5.41, 5.74) is 0.274. The summed E-state index contributed by atoms with van der Waals surface area (Å²) in [5.74, 6) is 1.05. The number of nitriles is 1. The number of hydrogen-bond acceptors (Lipinski definition) is 5. The van der Waals surface area contributed by atoms with Crippen molar-refractivity contribution in [2.45, 2.75) is 25.8 Å². The molecule has 3 rings (SSSR count). The van der Waals surface area contributed by atoms with Gasteiger partial charge in [-0.25, -0.2) is 4.98 Å². The molecule has 1 atom stereocenters. The summed E-state index contributed by atoms with van der Waals surface area (Å²) in [5, 5.41) is 9.02. The molecule has 21 heavy (non-hydrogen) atoms. The number of hydrogen-bond donors (Lipinski definition) is 0. The number of aromatic nitrogens is 2. The maximum Gasteiger partial charge on any atom is 0.226 e. The first-order chi connectivity index (χ1) is 10.1. The highest BCUT2D eigenvalue weighted by Crippen LogP contribution is 2.32. The first kappa shape index (κ1) is 14.1. The lowest BCUT2D eigenvalue weighted by molar-refractivity contribution is -0.134. The average Bonchev–Trinajstić information content (AvgIpc) is 3.31. The predicted molar refractivity (Wildman–Crippen MR) is 77.9 cm³/mol. The summed E-state index contributed by atoms with van der Waals surface area (Å²) in [6.07, 6.45) is 3.50. The fourth-order valence-electron chi connectivity index (χ4n) is 2.61. The van der Waals surface area contributed by atoms with Crippen LogP contribution >= 0.6 is 11.6 Å². The van der Waals surface area contributed by atoms with Crippen LogP contribution in [-0.2, 0) is 4.79 Å². The Kier molecular flexibility index (Phi) is 3.68. The quantitative estimate of drug-likeness (QED) is 0.773. The number of nitrogens with zero attached hydrogens (tertiary/aromatic N) is 5. The van der Waals surface area contributed by atoms with Gasteiger partial charge in [0.2, 0.25) is 11.9 Å². The van der Waals surface area contributed by atoms with Crippen molar-refractivity contribution in [1.82, 2.24) is 14.9 Å². The van der Waals surface area contributed by atoms with Crippen LogP contribution in [0.3, 0.4) is 0 Å². The molecule has 1 aromatic heterocycles. The number of amides is 1. The number of halogens is 1. The molecule has 2 heterocycles. The number of rotatable bonds is 2. The Labute approximate surface area is 128 Å². The largest absolute Gasteiger partial charge is 0.337 e. The highest BCUT2D eigenvalue weighted by molar-refractivity contribution is 6.30. The summed E-state index contributed by atoms with van der Waals surface area (Å²) < 4.78 is 0. The van der Waals surface area contributed by atoms with Gasteiger partial charge in [0.25, 0.3) is 0 Å². The fourth-order valence-corrected chi connectivity index (χ4v) is 2.78. The Hall–Kier alpha value is -1.87. The van der Waals surface area contributed by atoms with E-state index in [-0.39, 0.29) is 28.6 Å². The molecule has 1 saturated carbocycles. The highest BCUT2D eigenvalue weighted by atomic mass is 35.5. The number of piperazine rings is 1. The van der Waals surface area contributed by atoms with E-state index in [1.54, 1.807) is 0 Å². The molecule has 1 aliphatic carbocycles. The van der Waals surface area contributed by atoms with Gasteiger partial charge < -0.3 is 9.80 Å². The van der Waals surface area contributed by atoms with E-state index in [0.29, 0.717) is 25.6 Å². The molecule has 7 heteroatoms. The smallest absolute Gasteiger partial charge is 0.226 e. The zero-order valence-electron chi connectivity index (χ0n) is 11.8. The topological polar surface area (TPSA) is 73.1 Å². The molecular weight excluding hydrogens is 290 g/mol. The third-order valence-electron chi connectivity index (χ3n) is 3.97. The first-order valence-corrected chi connectivity index (χ1v) is 7.46. The van der Waals surface area contributed by atoms with Gasteiger partial charge in [-0.05, 0) is 19.8 Å². The zero-order chi connectivity index (χ0) is 15.0. The van der Waals surface area contributed by atoms with Crippen LogP contribution in [0, 0.1) is 17.2 Å². The molecule has 0 unspecified atom stereocenters. The monoisotopic (exact) mass is 305 g/mol. The van der Waals surface area contributed by atoms with E-state index in [2.05, 4.69) is 9.97 Å². The molecule has 2 fully saturated rings. The minimum absolute atomic E-state index is 0.130. The molecule has 0 aromatic carbocycles. The summed E-state index contributed by atoms with van der Waals surface area (Å²) in [7, 11) is 0. The SMILES string of the molecule is C[C@H]1CN(c2ncc(C#N)c(Cl)n2)CCN1C(=O)C1CC1. The van der Waals surface area contributed by atoms with Crippen LogP contribution in [-0.4, -0.2) is 46.5 Å². The molecule has 6 nitrogen and oxygen atoms in total. The van der Waals surface area contributed by atoms with Crippen molar-refractivity contribution in [2.24, 2.45) is 5.92 Å². The number of carbonyl (C=O) groups is 1. The van der Waals surface area contributed by atoms with Crippen molar-refractivity contribution in [3.8, 4) is 6.07 Å². The van der Waals surface area contributed by atoms with Gasteiger partial charge in [-0.15, -0.1) is 0 Å². The van der Waals surface area contributed by atoms with Crippen molar-refractivity contribution in [2.75, 3.05) is 24.5 Å². The van der Waals surface area contributed by atoms with Crippen LogP contribution in [0.25, 0.3) is 0 Å². The van der Waals surface area contributed by atoms with E-state index >= 15 is 0 Å². The highest BCUT2D eigenvalue weighted by Gasteiger charge is 2.37. The second kappa shape index (κ2) is 5.49. The van der Waals surface area contributed by atoms with Crippen LogP contribution in [0.1, 0.15) is 25.3 Å². The molecular formula is C14H16ClN5O. The number of anilines is 1. The van der Waals surface area contributed by atoms with Crippen molar-refractivity contribution in [3.05, 3.63) is 16.9 Å². The molecule has 0 spiro atoms. The van der Waals surface area contributed by atoms with Gasteiger partial charge in [0.15, 0.2) is 5.15 Å². The maximum atomic E-state index is 12.2. The standard InChI is InChI=1S/C14H16ClN5O/c1-9-8-19(4-5-20(9)13(21)10-2-3-10)14-17-7-11(6-16)12(15)18-14/h7,9-10H,2-5,8H2,1H3/t9-/m0/s1. The molecule has 1 aromatic rings. The van der Waals surface area contributed by atoms with Gasteiger partial charge in [0, 0.05) is 31.6 Å². The Morgan fingerprint density at radius 1 is 1.48 bits per heavy atom. The normalized spacial score (nSPS) is 22.0. The average molecular weight is 306 g/mol. The lowest BCUT2D eigenvalue weighted by atomic mass is 10.1. The van der Waals surface area contributed by atoms with Crippen LogP contribution in [0.15, 0.2) is 6.20 Å². The molecule has 110 valence electrons. The Balaban J connectivity index is 1.70. The van der Waals surface area contributed by atoms with Crippen LogP contribution in [0.4, 0.5) is 5.95 Å². The molecule has 1 saturated heterocycles. The molecule has 0 radical (unpaired) electrons. The molecule has 1 aliphatic heterocycles. The maximum absolute atomic E-state index is 12.2. The minimum atomic E-state index is 0.130. The third kappa shape index (κ3) is 2.79. The summed E-state index contributed by atoms with van der Waals surface area (Å²) in [6, 6.07) is 2.08. The van der Waals surface area contributed by atoms with Crippen molar-refractivity contribution in [3.63, 3.8) is 0 Å². The molecule has 0 N–H and O–H groups in total. The van der Waals surface area contributed by atoms with E-state index in [0.717, 1.165) is 12.8 Å². The van der Waals surface area contributed by atoms with Gasteiger partial charge in [-0.3, -0.25) is 4.79 Å². The second-order valence-corrected chi connectivity index (χ2v) is 5.95. The van der Waals surface area contributed by atoms with Gasteiger partial charge in [-0.1, -0.05) is 11.6 Å². The molecule has 1 amide bonds. The van der Waals surface area contributed by atoms with Gasteiger partial charge >= 0.3 is 0 Å². The third-order valence-corrected chi connectivity index (χ3v) is 4.26. The fraction of sp³-hybridized carbons (Fsp3) is 0.571. The van der Waals surface area contributed by atoms with Crippen LogP contribution in [0.2, 0.25) is 5.15 Å². The number of carbonyl (C=O) groups excluding carboxylic acids is 1. The Morgan fingerprint density at radius 2 is 2.24 bits per heavy atom. The summed E-state index contributed by atoms with van der Waals surface area (Å²) in [4.78, 5) is 24.5. The van der Waals surface area contributed by atoms with Crippen LogP contribution in [0.5, 0.6) is 0 Å². The van der Waals surface area contributed by atoms with Crippen molar-refractivity contribution < 1.29 is 4.79 Å². The zero-order valence-corrected chi connectivity index (χ0v) is 12.5. The van der Waals surface area contributed by atoms with E-state index in [1.165, 1.54) is 6.20 Å². The van der Waals surface area contributed by atoms with Crippen molar-refractivity contribution >= 4 is 23.5 Å². The first-order valence-electron chi connectivity index (χ1n) is 7.08. The predicted octanol–water partition coefficient (Wildman–Crippen LogP) is 1.45. The van der Waals surface area contributed by atoms with Gasteiger partial charge in [-0.2, -0.15) is 10.2 Å². The van der Waals surface area contributed by atoms with Crippen molar-refractivity contribution in [1.29, 1.82) is 5.26 Å². The molecule has 0 bridgehead atoms. The summed E-state index contributed by atoms with van der Waals surface area (Å²) >= 11 is 5.95. The second-order valence-electron chi connectivity index (χ2n) is 5.59. The van der Waals surface area contributed by atoms with Crippen LogP contribution < -0.4 is 4.90 Å². The van der Waals surface area contributed by atoms with E-state index < -0.39 is 0 Å². The van der Waals surface area contributed by atoms with E-state index in [1.807, 2.05) is 22.8 Å². The van der Waals surface area contributed by atoms with E-state index in [4.69, 9.17) is 16.9 Å². The summed E-state index contributed by atoms with van der Waals surface area (Å²) in [6.45, 7) is 4.08. The van der Waals surface area contributed by atoms with Gasteiger partial charge in [0.1, 0.15) is 11.6 Å². The molecule has 2 aliphatic rings. The lowest BCUT2D eigenvalue weighted by Gasteiger charge is -2.40. The Bertz CT molecular complexity index is 610. The Morgan fingerprint density at radius 3 is 2.81 bits per heavy atom. The lowest BCUT2D eigenvalue weighted by Crippen LogP contribution is -2.54. The minimum Gasteiger partial charge on any atom is -0.337 e. The van der Waals surface area contributed by atoms with E-state index in [9.17, 15) is 4.79 Å². The van der Waals surface area contributed by atoms with Gasteiger partial charge in [0.05, 0.1) is 6.20 Å².